The molecule has 0 bridgehead atoms. The first kappa shape index (κ1) is 32.4. The fourth-order valence-electron chi connectivity index (χ4n) is 5.73. The molecule has 200 valence electrons. The zero-order chi connectivity index (χ0) is 26.4. The predicted molar refractivity (Wildman–Crippen MR) is 137 cm³/mol. The second-order valence-corrected chi connectivity index (χ2v) is 10.4. The van der Waals surface area contributed by atoms with E-state index < -0.39 is 34.2 Å². The van der Waals surface area contributed by atoms with Crippen molar-refractivity contribution in [2.24, 2.45) is 22.2 Å². The van der Waals surface area contributed by atoms with Gasteiger partial charge in [-0.25, -0.2) is 0 Å². The maximum atomic E-state index is 12.8. The summed E-state index contributed by atoms with van der Waals surface area (Å²) in [5.74, 6) is -2.93. The Balaban J connectivity index is 6.50. The maximum Gasteiger partial charge on any atom is 0.309 e. The van der Waals surface area contributed by atoms with Crippen LogP contribution in [0.25, 0.3) is 0 Å². The minimum atomic E-state index is -1.04. The summed E-state index contributed by atoms with van der Waals surface area (Å²) in [6, 6.07) is 0. The van der Waals surface area contributed by atoms with Gasteiger partial charge in [0.2, 0.25) is 0 Å². The molecule has 0 aromatic heterocycles. The average Bonchev–Trinajstić information content (AvgIpc) is 2.81. The summed E-state index contributed by atoms with van der Waals surface area (Å²) in [6.07, 6.45) is 9.01. The van der Waals surface area contributed by atoms with Gasteiger partial charge in [0.1, 0.15) is 0 Å². The molecular weight excluding hydrogens is 432 g/mol. The summed E-state index contributed by atoms with van der Waals surface area (Å²) in [6.45, 7) is 11.8. The van der Waals surface area contributed by atoms with Gasteiger partial charge in [0, 0.05) is 0 Å². The Labute approximate surface area is 207 Å². The van der Waals surface area contributed by atoms with Crippen LogP contribution in [0.2, 0.25) is 0 Å². The molecule has 0 saturated heterocycles. The lowest BCUT2D eigenvalue weighted by Crippen LogP contribution is -2.44. The lowest BCUT2D eigenvalue weighted by atomic mass is 9.60. The van der Waals surface area contributed by atoms with Crippen LogP contribution in [-0.2, 0) is 14.4 Å². The number of aliphatic carboxylic acids is 3. The number of unbranched alkanes of at least 4 members (excludes halogenated alkanes) is 3. The topological polar surface area (TPSA) is 112 Å². The molecule has 0 aliphatic heterocycles. The van der Waals surface area contributed by atoms with Gasteiger partial charge in [-0.3, -0.25) is 14.4 Å². The molecule has 0 radical (unpaired) electrons. The van der Waals surface area contributed by atoms with Crippen LogP contribution in [0.5, 0.6) is 0 Å². The highest BCUT2D eigenvalue weighted by atomic mass is 16.4. The number of hydrogen-bond donors (Lipinski definition) is 3. The highest BCUT2D eigenvalue weighted by Crippen LogP contribution is 2.50. The van der Waals surface area contributed by atoms with Crippen molar-refractivity contribution < 1.29 is 29.7 Å². The van der Waals surface area contributed by atoms with Gasteiger partial charge in [-0.15, -0.1) is 0 Å². The number of rotatable bonds is 21. The van der Waals surface area contributed by atoms with E-state index in [2.05, 4.69) is 0 Å². The number of carboxylic acids is 3. The van der Waals surface area contributed by atoms with E-state index in [1.807, 2.05) is 41.5 Å². The quantitative estimate of drug-likeness (QED) is 0.153. The van der Waals surface area contributed by atoms with Crippen molar-refractivity contribution in [3.8, 4) is 0 Å². The van der Waals surface area contributed by atoms with Crippen molar-refractivity contribution in [2.45, 2.75) is 138 Å². The van der Waals surface area contributed by atoms with Crippen molar-refractivity contribution in [1.29, 1.82) is 0 Å². The molecule has 0 rings (SSSR count). The van der Waals surface area contributed by atoms with Crippen LogP contribution in [0.1, 0.15) is 138 Å². The number of hydrogen-bond acceptors (Lipinski definition) is 3. The molecule has 0 heterocycles. The van der Waals surface area contributed by atoms with Gasteiger partial charge in [0.05, 0.1) is 16.2 Å². The van der Waals surface area contributed by atoms with Gasteiger partial charge >= 0.3 is 17.9 Å². The Bertz CT molecular complexity index is 632. The second kappa shape index (κ2) is 15.4. The molecule has 4 unspecified atom stereocenters. The van der Waals surface area contributed by atoms with E-state index in [0.717, 1.165) is 38.5 Å². The Kier molecular flexibility index (Phi) is 14.7. The molecule has 0 spiro atoms. The maximum absolute atomic E-state index is 12.8. The first-order valence-electron chi connectivity index (χ1n) is 13.7. The number of carbonyl (C=O) groups is 3. The zero-order valence-corrected chi connectivity index (χ0v) is 22.8. The van der Waals surface area contributed by atoms with Crippen molar-refractivity contribution >= 4 is 17.9 Å². The van der Waals surface area contributed by atoms with Crippen LogP contribution >= 0.6 is 0 Å². The molecule has 0 aliphatic rings. The van der Waals surface area contributed by atoms with Crippen molar-refractivity contribution in [2.75, 3.05) is 0 Å². The predicted octanol–water partition coefficient (Wildman–Crippen LogP) is 7.79. The minimum Gasteiger partial charge on any atom is -0.481 e. The molecule has 0 fully saturated rings. The Morgan fingerprint density at radius 1 is 0.588 bits per heavy atom. The monoisotopic (exact) mass is 484 g/mol. The van der Waals surface area contributed by atoms with Gasteiger partial charge in [0.15, 0.2) is 0 Å². The van der Waals surface area contributed by atoms with Gasteiger partial charge in [0.25, 0.3) is 0 Å². The van der Waals surface area contributed by atoms with Crippen molar-refractivity contribution in [3.05, 3.63) is 0 Å². The molecule has 0 aliphatic carbocycles. The highest BCUT2D eigenvalue weighted by Gasteiger charge is 2.50. The van der Waals surface area contributed by atoms with Gasteiger partial charge in [-0.2, -0.15) is 0 Å². The molecule has 6 heteroatoms. The van der Waals surface area contributed by atoms with Crippen molar-refractivity contribution in [1.82, 2.24) is 0 Å². The second-order valence-electron chi connectivity index (χ2n) is 10.4. The lowest BCUT2D eigenvalue weighted by Gasteiger charge is -2.43. The first-order chi connectivity index (χ1) is 16.0. The Morgan fingerprint density at radius 2 is 1.03 bits per heavy atom. The molecule has 0 amide bonds. The largest absolute Gasteiger partial charge is 0.481 e. The molecule has 0 aromatic rings. The van der Waals surface area contributed by atoms with E-state index in [9.17, 15) is 29.7 Å². The van der Waals surface area contributed by atoms with Crippen LogP contribution in [0.15, 0.2) is 0 Å². The van der Waals surface area contributed by atoms with Crippen LogP contribution in [0.4, 0.5) is 0 Å². The Hall–Kier alpha value is -1.59. The summed E-state index contributed by atoms with van der Waals surface area (Å²) in [4.78, 5) is 37.7. The van der Waals surface area contributed by atoms with E-state index in [0.29, 0.717) is 51.4 Å². The summed E-state index contributed by atoms with van der Waals surface area (Å²) < 4.78 is 0. The van der Waals surface area contributed by atoms with E-state index in [1.54, 1.807) is 0 Å². The van der Waals surface area contributed by atoms with E-state index in [4.69, 9.17) is 0 Å². The average molecular weight is 485 g/mol. The molecule has 0 aromatic carbocycles. The SMILES string of the molecule is CCCCC(CC)(CCC(CC(CC)(CCCC)C(=O)O)C(CC)(CCCC)C(=O)O)C(=O)O. The fraction of sp³-hybridized carbons (Fsp3) is 0.893. The van der Waals surface area contributed by atoms with Crippen LogP contribution in [0, 0.1) is 22.2 Å². The minimum absolute atomic E-state index is 0.288. The smallest absolute Gasteiger partial charge is 0.309 e. The highest BCUT2D eigenvalue weighted by molar-refractivity contribution is 5.77. The lowest BCUT2D eigenvalue weighted by molar-refractivity contribution is -0.161. The van der Waals surface area contributed by atoms with Crippen LogP contribution in [0.3, 0.4) is 0 Å². The summed E-state index contributed by atoms with van der Waals surface area (Å²) >= 11 is 0. The molecule has 4 atom stereocenters. The Morgan fingerprint density at radius 3 is 1.38 bits per heavy atom. The molecule has 6 nitrogen and oxygen atoms in total. The molecule has 0 saturated carbocycles. The summed E-state index contributed by atoms with van der Waals surface area (Å²) in [7, 11) is 0. The first-order valence-corrected chi connectivity index (χ1v) is 13.7. The van der Waals surface area contributed by atoms with Crippen LogP contribution in [-0.4, -0.2) is 33.2 Å². The van der Waals surface area contributed by atoms with Crippen molar-refractivity contribution in [3.63, 3.8) is 0 Å². The zero-order valence-electron chi connectivity index (χ0n) is 22.8. The summed E-state index contributed by atoms with van der Waals surface area (Å²) in [5.41, 5.74) is -2.91. The third-order valence-corrected chi connectivity index (χ3v) is 8.70. The standard InChI is InChI=1S/C28H52O6/c1-7-13-17-26(10-4,23(29)30)20-16-22(28(12-6,25(33)34)19-15-9-3)21-27(11-5,24(31)32)18-14-8-2/h22H,7-21H2,1-6H3,(H,29,30)(H,31,32)(H,33,34). The van der Waals surface area contributed by atoms with E-state index >= 15 is 0 Å². The molecule has 3 N–H and O–H groups in total. The van der Waals surface area contributed by atoms with E-state index in [-0.39, 0.29) is 12.3 Å². The van der Waals surface area contributed by atoms with E-state index in [1.165, 1.54) is 0 Å². The number of carboxylic acid groups (broad SMARTS) is 3. The fourth-order valence-corrected chi connectivity index (χ4v) is 5.73. The third kappa shape index (κ3) is 7.98. The summed E-state index contributed by atoms with van der Waals surface area (Å²) in [5, 5.41) is 30.9. The van der Waals surface area contributed by atoms with Gasteiger partial charge in [-0.1, -0.05) is 80.1 Å². The van der Waals surface area contributed by atoms with Crippen LogP contribution < -0.4 is 0 Å². The van der Waals surface area contributed by atoms with Gasteiger partial charge < -0.3 is 15.3 Å². The normalized spacial score (nSPS) is 17.8. The van der Waals surface area contributed by atoms with Gasteiger partial charge in [-0.05, 0) is 63.7 Å². The molecule has 34 heavy (non-hydrogen) atoms. The third-order valence-electron chi connectivity index (χ3n) is 8.70. The molecular formula is C28H52O6.